The Hall–Kier alpha value is -0.910. The van der Waals surface area contributed by atoms with Crippen molar-refractivity contribution < 1.29 is 12.3 Å². The van der Waals surface area contributed by atoms with Gasteiger partial charge in [-0.25, -0.2) is 4.98 Å². The van der Waals surface area contributed by atoms with E-state index in [1.807, 2.05) is 0 Å². The van der Waals surface area contributed by atoms with Gasteiger partial charge in [-0.05, 0) is 12.8 Å². The van der Waals surface area contributed by atoms with Gasteiger partial charge in [-0.2, -0.15) is 8.42 Å². The first-order valence-electron chi connectivity index (χ1n) is 3.99. The highest BCUT2D eigenvalue weighted by Crippen LogP contribution is 2.35. The molecule has 0 radical (unpaired) electrons. The van der Waals surface area contributed by atoms with Crippen molar-refractivity contribution in [2.45, 2.75) is 24.6 Å². The summed E-state index contributed by atoms with van der Waals surface area (Å²) in [6, 6.07) is 0.333. The molecule has 1 aliphatic carbocycles. The molecule has 1 aromatic rings. The van der Waals surface area contributed by atoms with Crippen LogP contribution in [0.3, 0.4) is 0 Å². The third-order valence-electron chi connectivity index (χ3n) is 2.01. The molecule has 0 unspecified atom stereocenters. The Morgan fingerprint density at radius 3 is 2.85 bits per heavy atom. The van der Waals surface area contributed by atoms with Gasteiger partial charge in [-0.1, -0.05) is 0 Å². The van der Waals surface area contributed by atoms with Crippen LogP contribution in [0.5, 0.6) is 0 Å². The molecule has 0 spiro atoms. The van der Waals surface area contributed by atoms with E-state index in [1.165, 1.54) is 6.20 Å². The summed E-state index contributed by atoms with van der Waals surface area (Å²) < 4.78 is 34.9. The van der Waals surface area contributed by atoms with Gasteiger partial charge in [0.05, 0.1) is 12.0 Å². The number of hydrogen-bond donors (Lipinski definition) is 0. The molecule has 0 aliphatic heterocycles. The molecular formula is C7H9FN2O2S. The average molecular weight is 204 g/mol. The molecule has 0 atom stereocenters. The SMILES string of the molecule is O=S(=O)(F)Cc1cncn1C1CC1. The first-order valence-corrected chi connectivity index (χ1v) is 5.54. The van der Waals surface area contributed by atoms with Crippen molar-refractivity contribution in [3.63, 3.8) is 0 Å². The quantitative estimate of drug-likeness (QED) is 0.690. The topological polar surface area (TPSA) is 52.0 Å². The summed E-state index contributed by atoms with van der Waals surface area (Å²) in [7, 11) is -4.44. The van der Waals surface area contributed by atoms with E-state index in [0.717, 1.165) is 12.8 Å². The molecule has 0 saturated heterocycles. The molecule has 72 valence electrons. The van der Waals surface area contributed by atoms with Gasteiger partial charge < -0.3 is 4.57 Å². The van der Waals surface area contributed by atoms with E-state index in [9.17, 15) is 12.3 Å². The number of rotatable bonds is 3. The Bertz CT molecular complexity index is 408. The van der Waals surface area contributed by atoms with Crippen molar-refractivity contribution in [3.8, 4) is 0 Å². The maximum absolute atomic E-state index is 12.3. The second-order valence-electron chi connectivity index (χ2n) is 3.21. The van der Waals surface area contributed by atoms with E-state index >= 15 is 0 Å². The number of imidazole rings is 1. The highest BCUT2D eigenvalue weighted by molar-refractivity contribution is 7.85. The Labute approximate surface area is 75.6 Å². The number of aromatic nitrogens is 2. The lowest BCUT2D eigenvalue weighted by molar-refractivity contribution is 0.548. The average Bonchev–Trinajstić information content (AvgIpc) is 2.72. The van der Waals surface area contributed by atoms with Gasteiger partial charge in [0.1, 0.15) is 5.75 Å². The summed E-state index contributed by atoms with van der Waals surface area (Å²) in [6.45, 7) is 0. The van der Waals surface area contributed by atoms with Gasteiger partial charge in [0.2, 0.25) is 0 Å². The minimum atomic E-state index is -4.44. The van der Waals surface area contributed by atoms with Crippen LogP contribution in [0.25, 0.3) is 0 Å². The molecule has 4 nitrogen and oxygen atoms in total. The molecule has 0 amide bonds. The zero-order chi connectivity index (χ0) is 9.47. The minimum Gasteiger partial charge on any atom is -0.330 e. The maximum atomic E-state index is 12.3. The van der Waals surface area contributed by atoms with Crippen molar-refractivity contribution in [2.24, 2.45) is 0 Å². The third kappa shape index (κ3) is 2.06. The summed E-state index contributed by atoms with van der Waals surface area (Å²) in [5.41, 5.74) is 0.435. The molecule has 1 aromatic heterocycles. The van der Waals surface area contributed by atoms with Gasteiger partial charge in [0.15, 0.2) is 0 Å². The van der Waals surface area contributed by atoms with Crippen molar-refractivity contribution in [3.05, 3.63) is 18.2 Å². The van der Waals surface area contributed by atoms with Crippen LogP contribution in [0.1, 0.15) is 24.6 Å². The fraction of sp³-hybridized carbons (Fsp3) is 0.571. The smallest absolute Gasteiger partial charge is 0.308 e. The summed E-state index contributed by atoms with van der Waals surface area (Å²) in [6.07, 6.45) is 5.00. The van der Waals surface area contributed by atoms with E-state index in [2.05, 4.69) is 4.98 Å². The van der Waals surface area contributed by atoms with Crippen LogP contribution in [-0.4, -0.2) is 18.0 Å². The molecule has 0 N–H and O–H groups in total. The van der Waals surface area contributed by atoms with Crippen molar-refractivity contribution in [1.29, 1.82) is 0 Å². The lowest BCUT2D eigenvalue weighted by Gasteiger charge is -2.02. The molecule has 1 heterocycles. The monoisotopic (exact) mass is 204 g/mol. The minimum absolute atomic E-state index is 0.333. The van der Waals surface area contributed by atoms with Crippen LogP contribution < -0.4 is 0 Å². The zero-order valence-corrected chi connectivity index (χ0v) is 7.67. The first-order chi connectivity index (χ1) is 6.06. The van der Waals surface area contributed by atoms with Crippen LogP contribution in [0.2, 0.25) is 0 Å². The molecule has 1 fully saturated rings. The van der Waals surface area contributed by atoms with Crippen molar-refractivity contribution in [1.82, 2.24) is 9.55 Å². The molecule has 1 aliphatic rings. The Morgan fingerprint density at radius 2 is 2.31 bits per heavy atom. The van der Waals surface area contributed by atoms with E-state index < -0.39 is 16.0 Å². The predicted molar refractivity (Wildman–Crippen MR) is 44.2 cm³/mol. The molecule has 0 bridgehead atoms. The lowest BCUT2D eigenvalue weighted by atomic mass is 10.5. The van der Waals surface area contributed by atoms with E-state index in [-0.39, 0.29) is 0 Å². The van der Waals surface area contributed by atoms with Crippen LogP contribution in [0, 0.1) is 0 Å². The second-order valence-corrected chi connectivity index (χ2v) is 4.57. The van der Waals surface area contributed by atoms with Gasteiger partial charge in [-0.15, -0.1) is 3.89 Å². The lowest BCUT2D eigenvalue weighted by Crippen LogP contribution is -2.03. The van der Waals surface area contributed by atoms with E-state index in [0.29, 0.717) is 11.7 Å². The van der Waals surface area contributed by atoms with Crippen molar-refractivity contribution in [2.75, 3.05) is 0 Å². The predicted octanol–water partition coefficient (Wildman–Crippen LogP) is 1.02. The molecule has 2 rings (SSSR count). The van der Waals surface area contributed by atoms with E-state index in [1.54, 1.807) is 10.9 Å². The summed E-state index contributed by atoms with van der Waals surface area (Å²) in [4.78, 5) is 3.80. The fourth-order valence-electron chi connectivity index (χ4n) is 1.30. The van der Waals surface area contributed by atoms with Crippen LogP contribution in [-0.2, 0) is 16.0 Å². The number of hydrogen-bond acceptors (Lipinski definition) is 3. The highest BCUT2D eigenvalue weighted by Gasteiger charge is 2.26. The summed E-state index contributed by atoms with van der Waals surface area (Å²) in [5, 5.41) is 0. The standard InChI is InChI=1S/C7H9FN2O2S/c8-13(11,12)4-7-3-9-5-10(7)6-1-2-6/h3,5-6H,1-2,4H2. The van der Waals surface area contributed by atoms with Gasteiger partial charge in [-0.3, -0.25) is 0 Å². The van der Waals surface area contributed by atoms with Gasteiger partial charge >= 0.3 is 10.2 Å². The zero-order valence-electron chi connectivity index (χ0n) is 6.85. The molecule has 0 aromatic carbocycles. The fourth-order valence-corrected chi connectivity index (χ4v) is 1.88. The molecular weight excluding hydrogens is 195 g/mol. The van der Waals surface area contributed by atoms with Crippen LogP contribution in [0.4, 0.5) is 3.89 Å². The maximum Gasteiger partial charge on any atom is 0.308 e. The number of halogens is 1. The third-order valence-corrected chi connectivity index (χ3v) is 2.65. The van der Waals surface area contributed by atoms with Crippen LogP contribution in [0.15, 0.2) is 12.5 Å². The van der Waals surface area contributed by atoms with Gasteiger partial charge in [0, 0.05) is 12.2 Å². The Morgan fingerprint density at radius 1 is 1.62 bits per heavy atom. The number of nitrogens with zero attached hydrogens (tertiary/aromatic N) is 2. The van der Waals surface area contributed by atoms with Crippen molar-refractivity contribution >= 4 is 10.2 Å². The molecule has 1 saturated carbocycles. The molecule has 13 heavy (non-hydrogen) atoms. The Balaban J connectivity index is 2.24. The normalized spacial score (nSPS) is 17.6. The Kier molecular flexibility index (Phi) is 1.87. The van der Waals surface area contributed by atoms with E-state index in [4.69, 9.17) is 0 Å². The summed E-state index contributed by atoms with van der Waals surface area (Å²) in [5.74, 6) is -0.566. The highest BCUT2D eigenvalue weighted by atomic mass is 32.3. The van der Waals surface area contributed by atoms with Gasteiger partial charge in [0.25, 0.3) is 0 Å². The second kappa shape index (κ2) is 2.80. The molecule has 6 heteroatoms. The summed E-state index contributed by atoms with van der Waals surface area (Å²) >= 11 is 0. The van der Waals surface area contributed by atoms with Crippen LogP contribution >= 0.6 is 0 Å². The largest absolute Gasteiger partial charge is 0.330 e. The first kappa shape index (κ1) is 8.68.